The fourth-order valence-electron chi connectivity index (χ4n) is 3.29. The summed E-state index contributed by atoms with van der Waals surface area (Å²) in [6, 6.07) is 10.4. The van der Waals surface area contributed by atoms with Crippen molar-refractivity contribution in [3.63, 3.8) is 0 Å². The summed E-state index contributed by atoms with van der Waals surface area (Å²) in [5.41, 5.74) is 0.944. The van der Waals surface area contributed by atoms with Crippen LogP contribution in [0.15, 0.2) is 43.0 Å². The Morgan fingerprint density at radius 3 is 2.65 bits per heavy atom. The monoisotopic (exact) mass is 315 g/mol. The molecular weight excluding hydrogens is 286 g/mol. The van der Waals surface area contributed by atoms with Gasteiger partial charge in [0.1, 0.15) is 0 Å². The number of nitrogens with one attached hydrogen (secondary N) is 1. The van der Waals surface area contributed by atoms with Crippen LogP contribution in [-0.4, -0.2) is 56.1 Å². The van der Waals surface area contributed by atoms with Crippen molar-refractivity contribution in [3.05, 3.63) is 48.6 Å². The highest BCUT2D eigenvalue weighted by Gasteiger charge is 2.39. The standard InChI is InChI=1S/C19H29N3O/c1-4-13-22(21(2)3)15-18(23)19(11-8-12-20-16-19)14-17-9-6-5-7-10-17/h4-7,9-10,20H,1,8,11-16H2,2-3H3/t19-/m1/s1. The molecule has 0 aliphatic carbocycles. The summed E-state index contributed by atoms with van der Waals surface area (Å²) < 4.78 is 0. The Labute approximate surface area is 140 Å². The Bertz CT molecular complexity index is 507. The van der Waals surface area contributed by atoms with Crippen LogP contribution in [0.3, 0.4) is 0 Å². The number of ketones is 1. The summed E-state index contributed by atoms with van der Waals surface area (Å²) >= 11 is 0. The van der Waals surface area contributed by atoms with Crippen LogP contribution in [0.5, 0.6) is 0 Å². The minimum absolute atomic E-state index is 0.297. The number of carbonyl (C=O) groups excluding carboxylic acids is 1. The lowest BCUT2D eigenvalue weighted by Gasteiger charge is -2.39. The number of piperidine rings is 1. The molecule has 1 aromatic carbocycles. The molecule has 0 aromatic heterocycles. The van der Waals surface area contributed by atoms with E-state index in [0.29, 0.717) is 18.9 Å². The van der Waals surface area contributed by atoms with E-state index in [0.717, 1.165) is 32.4 Å². The second-order valence-corrected chi connectivity index (χ2v) is 6.63. The second kappa shape index (κ2) is 8.39. The quantitative estimate of drug-likeness (QED) is 0.589. The molecule has 1 N–H and O–H groups in total. The first-order valence-electron chi connectivity index (χ1n) is 8.38. The molecule has 2 rings (SSSR count). The Balaban J connectivity index is 2.16. The minimum Gasteiger partial charge on any atom is -0.316 e. The maximum Gasteiger partial charge on any atom is 0.156 e. The summed E-state index contributed by atoms with van der Waals surface area (Å²) in [4.78, 5) is 13.2. The largest absolute Gasteiger partial charge is 0.316 e. The average Bonchev–Trinajstić information content (AvgIpc) is 2.56. The van der Waals surface area contributed by atoms with Crippen molar-refractivity contribution in [1.82, 2.24) is 15.3 Å². The molecule has 1 aliphatic heterocycles. The topological polar surface area (TPSA) is 35.6 Å². The summed E-state index contributed by atoms with van der Waals surface area (Å²) in [5.74, 6) is 0.323. The maximum absolute atomic E-state index is 13.2. The van der Waals surface area contributed by atoms with Gasteiger partial charge in [0, 0.05) is 32.6 Å². The van der Waals surface area contributed by atoms with E-state index >= 15 is 0 Å². The van der Waals surface area contributed by atoms with E-state index in [-0.39, 0.29) is 5.41 Å². The lowest BCUT2D eigenvalue weighted by molar-refractivity contribution is -0.134. The lowest BCUT2D eigenvalue weighted by Crippen LogP contribution is -2.52. The van der Waals surface area contributed by atoms with E-state index in [1.54, 1.807) is 0 Å². The number of carbonyl (C=O) groups is 1. The molecule has 0 radical (unpaired) electrons. The zero-order valence-corrected chi connectivity index (χ0v) is 14.4. The summed E-state index contributed by atoms with van der Waals surface area (Å²) in [7, 11) is 3.94. The molecule has 1 atom stereocenters. The molecule has 0 bridgehead atoms. The molecule has 0 amide bonds. The van der Waals surface area contributed by atoms with Crippen LogP contribution in [0.2, 0.25) is 0 Å². The third kappa shape index (κ3) is 4.74. The number of hydrazine groups is 1. The second-order valence-electron chi connectivity index (χ2n) is 6.63. The van der Waals surface area contributed by atoms with Crippen molar-refractivity contribution in [2.45, 2.75) is 19.3 Å². The highest BCUT2D eigenvalue weighted by atomic mass is 16.1. The predicted molar refractivity (Wildman–Crippen MR) is 95.1 cm³/mol. The first-order valence-corrected chi connectivity index (χ1v) is 8.38. The molecule has 126 valence electrons. The molecule has 4 nitrogen and oxygen atoms in total. The van der Waals surface area contributed by atoms with E-state index in [2.05, 4.69) is 24.0 Å². The van der Waals surface area contributed by atoms with E-state index in [1.165, 1.54) is 5.56 Å². The molecule has 1 aromatic rings. The van der Waals surface area contributed by atoms with E-state index in [9.17, 15) is 4.79 Å². The number of nitrogens with zero attached hydrogens (tertiary/aromatic N) is 2. The van der Waals surface area contributed by atoms with Gasteiger partial charge in [0.25, 0.3) is 0 Å². The molecule has 4 heteroatoms. The van der Waals surface area contributed by atoms with Crippen molar-refractivity contribution in [2.75, 3.05) is 40.3 Å². The van der Waals surface area contributed by atoms with Gasteiger partial charge in [-0.25, -0.2) is 10.0 Å². The van der Waals surface area contributed by atoms with Gasteiger partial charge in [0.2, 0.25) is 0 Å². The van der Waals surface area contributed by atoms with Gasteiger partial charge in [-0.1, -0.05) is 36.4 Å². The van der Waals surface area contributed by atoms with E-state index in [1.807, 2.05) is 48.4 Å². The molecule has 0 spiro atoms. The van der Waals surface area contributed by atoms with Gasteiger partial charge < -0.3 is 5.32 Å². The van der Waals surface area contributed by atoms with Crippen LogP contribution in [0, 0.1) is 5.41 Å². The van der Waals surface area contributed by atoms with Gasteiger partial charge >= 0.3 is 0 Å². The fourth-order valence-corrected chi connectivity index (χ4v) is 3.29. The molecule has 1 fully saturated rings. The van der Waals surface area contributed by atoms with Crippen molar-refractivity contribution >= 4 is 5.78 Å². The number of hydrogen-bond acceptors (Lipinski definition) is 4. The fraction of sp³-hybridized carbons (Fsp3) is 0.526. The Hall–Kier alpha value is -1.49. The third-order valence-electron chi connectivity index (χ3n) is 4.68. The Kier molecular flexibility index (Phi) is 6.51. The Morgan fingerprint density at radius 2 is 2.09 bits per heavy atom. The van der Waals surface area contributed by atoms with Crippen molar-refractivity contribution < 1.29 is 4.79 Å². The first-order chi connectivity index (χ1) is 11.1. The first kappa shape index (κ1) is 17.9. The van der Waals surface area contributed by atoms with Gasteiger partial charge in [-0.3, -0.25) is 4.79 Å². The van der Waals surface area contributed by atoms with Crippen molar-refractivity contribution in [2.24, 2.45) is 5.41 Å². The molecule has 1 aliphatic rings. The van der Waals surface area contributed by atoms with Gasteiger partial charge in [-0.05, 0) is 31.4 Å². The third-order valence-corrected chi connectivity index (χ3v) is 4.68. The van der Waals surface area contributed by atoms with E-state index < -0.39 is 0 Å². The van der Waals surface area contributed by atoms with Crippen molar-refractivity contribution in [1.29, 1.82) is 0 Å². The van der Waals surface area contributed by atoms with Gasteiger partial charge in [-0.15, -0.1) is 6.58 Å². The van der Waals surface area contributed by atoms with Gasteiger partial charge in [0.05, 0.1) is 6.54 Å². The van der Waals surface area contributed by atoms with Crippen LogP contribution in [0.1, 0.15) is 18.4 Å². The smallest absolute Gasteiger partial charge is 0.156 e. The zero-order valence-electron chi connectivity index (χ0n) is 14.4. The summed E-state index contributed by atoms with van der Waals surface area (Å²) in [6.07, 6.45) is 4.68. The zero-order chi connectivity index (χ0) is 16.7. The molecule has 0 unspecified atom stereocenters. The lowest BCUT2D eigenvalue weighted by atomic mass is 9.72. The number of hydrogen-bond donors (Lipinski definition) is 1. The Morgan fingerprint density at radius 1 is 1.35 bits per heavy atom. The minimum atomic E-state index is -0.297. The summed E-state index contributed by atoms with van der Waals surface area (Å²) in [5, 5.41) is 7.45. The summed E-state index contributed by atoms with van der Waals surface area (Å²) in [6.45, 7) is 6.70. The van der Waals surface area contributed by atoms with Gasteiger partial charge in [0.15, 0.2) is 5.78 Å². The van der Waals surface area contributed by atoms with Crippen LogP contribution >= 0.6 is 0 Å². The van der Waals surface area contributed by atoms with Crippen LogP contribution < -0.4 is 5.32 Å². The van der Waals surface area contributed by atoms with Gasteiger partial charge in [-0.2, -0.15) is 0 Å². The highest BCUT2D eigenvalue weighted by Crippen LogP contribution is 2.32. The molecule has 1 saturated heterocycles. The van der Waals surface area contributed by atoms with Crippen LogP contribution in [0.4, 0.5) is 0 Å². The predicted octanol–water partition coefficient (Wildman–Crippen LogP) is 2.13. The maximum atomic E-state index is 13.2. The number of rotatable bonds is 8. The molecule has 0 saturated carbocycles. The molecule has 1 heterocycles. The highest BCUT2D eigenvalue weighted by molar-refractivity contribution is 5.87. The van der Waals surface area contributed by atoms with Crippen molar-refractivity contribution in [3.8, 4) is 0 Å². The molecular formula is C19H29N3O. The molecule has 23 heavy (non-hydrogen) atoms. The number of Topliss-reactive ketones (excluding diaryl/α,β-unsaturated/α-hetero) is 1. The van der Waals surface area contributed by atoms with Crippen LogP contribution in [0.25, 0.3) is 0 Å². The number of benzene rings is 1. The normalized spacial score (nSPS) is 21.6. The van der Waals surface area contributed by atoms with E-state index in [4.69, 9.17) is 0 Å². The van der Waals surface area contributed by atoms with Crippen LogP contribution in [-0.2, 0) is 11.2 Å². The average molecular weight is 315 g/mol. The SMILES string of the molecule is C=CCN(CC(=O)[C@@]1(Cc2ccccc2)CCCNC1)N(C)C.